The van der Waals surface area contributed by atoms with Crippen LogP contribution in [0, 0.1) is 6.92 Å². The maximum absolute atomic E-state index is 12.3. The molecule has 30 heavy (non-hydrogen) atoms. The number of aromatic nitrogens is 5. The second kappa shape index (κ2) is 7.30. The number of amides is 1. The Bertz CT molecular complexity index is 1140. The molecule has 1 N–H and O–H groups in total. The van der Waals surface area contributed by atoms with E-state index in [4.69, 9.17) is 4.74 Å². The normalized spacial score (nSPS) is 15.7. The summed E-state index contributed by atoms with van der Waals surface area (Å²) in [4.78, 5) is 33.5. The number of piperidine rings is 1. The van der Waals surface area contributed by atoms with Gasteiger partial charge in [0.05, 0.1) is 17.1 Å². The van der Waals surface area contributed by atoms with Gasteiger partial charge in [-0.1, -0.05) is 0 Å². The molecule has 2 aromatic heterocycles. The standard InChI is InChI=1S/C21H28N6O3/c1-13-22-18(14-6-7-16-17(12-14)25(5)19(28)23-16)27(24-13)15-8-10-26(11-9-15)20(29)30-21(2,3)4/h6-7,12,15H,8-11H2,1-5H3,(H,23,28). The van der Waals surface area contributed by atoms with Gasteiger partial charge in [0.1, 0.15) is 11.4 Å². The van der Waals surface area contributed by atoms with E-state index in [0.29, 0.717) is 18.9 Å². The first-order valence-corrected chi connectivity index (χ1v) is 10.2. The van der Waals surface area contributed by atoms with Crippen molar-refractivity contribution in [3.8, 4) is 11.4 Å². The Morgan fingerprint density at radius 1 is 1.23 bits per heavy atom. The number of carbonyl (C=O) groups is 1. The lowest BCUT2D eigenvalue weighted by Crippen LogP contribution is -2.42. The van der Waals surface area contributed by atoms with E-state index in [1.807, 2.05) is 50.6 Å². The zero-order chi connectivity index (χ0) is 21.6. The van der Waals surface area contributed by atoms with Crippen LogP contribution in [0.1, 0.15) is 45.5 Å². The van der Waals surface area contributed by atoms with Gasteiger partial charge in [-0.3, -0.25) is 4.57 Å². The van der Waals surface area contributed by atoms with Crippen LogP contribution in [0.2, 0.25) is 0 Å². The van der Waals surface area contributed by atoms with Gasteiger partial charge < -0.3 is 14.6 Å². The van der Waals surface area contributed by atoms with Gasteiger partial charge in [-0.25, -0.2) is 19.3 Å². The summed E-state index contributed by atoms with van der Waals surface area (Å²) < 4.78 is 9.05. The van der Waals surface area contributed by atoms with E-state index in [1.165, 1.54) is 0 Å². The lowest BCUT2D eigenvalue weighted by atomic mass is 10.0. The van der Waals surface area contributed by atoms with Crippen LogP contribution in [0.15, 0.2) is 23.0 Å². The van der Waals surface area contributed by atoms with E-state index in [1.54, 1.807) is 16.5 Å². The van der Waals surface area contributed by atoms with Crippen molar-refractivity contribution in [1.82, 2.24) is 29.2 Å². The van der Waals surface area contributed by atoms with Gasteiger partial charge in [0, 0.05) is 25.7 Å². The highest BCUT2D eigenvalue weighted by Crippen LogP contribution is 2.29. The minimum atomic E-state index is -0.499. The van der Waals surface area contributed by atoms with Crippen molar-refractivity contribution < 1.29 is 9.53 Å². The molecule has 160 valence electrons. The Balaban J connectivity index is 1.57. The van der Waals surface area contributed by atoms with Crippen LogP contribution in [0.3, 0.4) is 0 Å². The van der Waals surface area contributed by atoms with Crippen molar-refractivity contribution in [2.24, 2.45) is 7.05 Å². The first-order valence-electron chi connectivity index (χ1n) is 10.2. The largest absolute Gasteiger partial charge is 0.444 e. The molecular formula is C21H28N6O3. The number of aryl methyl sites for hydroxylation is 2. The van der Waals surface area contributed by atoms with E-state index in [2.05, 4.69) is 15.1 Å². The fraction of sp³-hybridized carbons (Fsp3) is 0.524. The van der Waals surface area contributed by atoms with Gasteiger partial charge in [-0.15, -0.1) is 0 Å². The molecule has 9 nitrogen and oxygen atoms in total. The van der Waals surface area contributed by atoms with Crippen LogP contribution in [0.25, 0.3) is 22.4 Å². The first-order chi connectivity index (χ1) is 14.1. The SMILES string of the molecule is Cc1nc(-c2ccc3[nH]c(=O)n(C)c3c2)n(C2CCN(C(=O)OC(C)(C)C)CC2)n1. The number of imidazole rings is 1. The second-order valence-corrected chi connectivity index (χ2v) is 8.85. The molecular weight excluding hydrogens is 384 g/mol. The molecule has 1 aliphatic heterocycles. The molecule has 1 saturated heterocycles. The van der Waals surface area contributed by atoms with E-state index in [-0.39, 0.29) is 17.8 Å². The molecule has 1 fully saturated rings. The van der Waals surface area contributed by atoms with Crippen LogP contribution >= 0.6 is 0 Å². The number of nitrogens with one attached hydrogen (secondary N) is 1. The van der Waals surface area contributed by atoms with Crippen molar-refractivity contribution >= 4 is 17.1 Å². The average molecular weight is 412 g/mol. The highest BCUT2D eigenvalue weighted by atomic mass is 16.6. The van der Waals surface area contributed by atoms with Gasteiger partial charge in [0.15, 0.2) is 5.82 Å². The van der Waals surface area contributed by atoms with E-state index >= 15 is 0 Å². The molecule has 0 bridgehead atoms. The van der Waals surface area contributed by atoms with Crippen molar-refractivity contribution in [3.63, 3.8) is 0 Å². The molecule has 1 amide bonds. The maximum atomic E-state index is 12.3. The van der Waals surface area contributed by atoms with E-state index < -0.39 is 5.60 Å². The molecule has 0 atom stereocenters. The number of aromatic amines is 1. The summed E-state index contributed by atoms with van der Waals surface area (Å²) in [5.41, 5.74) is 1.88. The summed E-state index contributed by atoms with van der Waals surface area (Å²) in [6.07, 6.45) is 1.29. The van der Waals surface area contributed by atoms with E-state index in [0.717, 1.165) is 35.3 Å². The van der Waals surface area contributed by atoms with Crippen molar-refractivity contribution in [2.45, 2.75) is 52.2 Å². The van der Waals surface area contributed by atoms with E-state index in [9.17, 15) is 9.59 Å². The Kier molecular flexibility index (Phi) is 4.91. The predicted octanol–water partition coefficient (Wildman–Crippen LogP) is 3.01. The maximum Gasteiger partial charge on any atom is 0.410 e. The van der Waals surface area contributed by atoms with Gasteiger partial charge in [-0.2, -0.15) is 5.10 Å². The van der Waals surface area contributed by atoms with Crippen molar-refractivity contribution in [2.75, 3.05) is 13.1 Å². The van der Waals surface area contributed by atoms with Gasteiger partial charge in [0.25, 0.3) is 0 Å². The summed E-state index contributed by atoms with van der Waals surface area (Å²) in [6, 6.07) is 5.95. The Morgan fingerprint density at radius 3 is 2.60 bits per heavy atom. The number of hydrogen-bond acceptors (Lipinski definition) is 5. The third-order valence-electron chi connectivity index (χ3n) is 5.36. The third kappa shape index (κ3) is 3.83. The molecule has 3 heterocycles. The zero-order valence-corrected chi connectivity index (χ0v) is 18.1. The van der Waals surface area contributed by atoms with Crippen LogP contribution in [0.4, 0.5) is 4.79 Å². The summed E-state index contributed by atoms with van der Waals surface area (Å²) >= 11 is 0. The highest BCUT2D eigenvalue weighted by molar-refractivity contribution is 5.80. The van der Waals surface area contributed by atoms with Crippen molar-refractivity contribution in [3.05, 3.63) is 34.5 Å². The molecule has 0 radical (unpaired) electrons. The number of fused-ring (bicyclic) bond motifs is 1. The predicted molar refractivity (Wildman–Crippen MR) is 113 cm³/mol. The fourth-order valence-corrected chi connectivity index (χ4v) is 3.86. The molecule has 0 spiro atoms. The third-order valence-corrected chi connectivity index (χ3v) is 5.36. The first kappa shape index (κ1) is 20.2. The summed E-state index contributed by atoms with van der Waals surface area (Å²) in [5, 5.41) is 4.64. The molecule has 0 saturated carbocycles. The highest BCUT2D eigenvalue weighted by Gasteiger charge is 2.29. The molecule has 9 heteroatoms. The zero-order valence-electron chi connectivity index (χ0n) is 18.1. The lowest BCUT2D eigenvalue weighted by Gasteiger charge is -2.33. The van der Waals surface area contributed by atoms with Gasteiger partial charge in [0.2, 0.25) is 0 Å². The Morgan fingerprint density at radius 2 is 1.93 bits per heavy atom. The minimum Gasteiger partial charge on any atom is -0.444 e. The fourth-order valence-electron chi connectivity index (χ4n) is 3.86. The summed E-state index contributed by atoms with van der Waals surface area (Å²) in [7, 11) is 1.74. The van der Waals surface area contributed by atoms with Crippen molar-refractivity contribution in [1.29, 1.82) is 0 Å². The molecule has 1 aliphatic rings. The number of H-pyrrole nitrogens is 1. The van der Waals surface area contributed by atoms with Gasteiger partial charge in [-0.05, 0) is 58.7 Å². The van der Waals surface area contributed by atoms with Crippen LogP contribution < -0.4 is 5.69 Å². The second-order valence-electron chi connectivity index (χ2n) is 8.85. The van der Waals surface area contributed by atoms with Gasteiger partial charge >= 0.3 is 11.8 Å². The molecule has 1 aromatic carbocycles. The van der Waals surface area contributed by atoms with Crippen LogP contribution in [-0.4, -0.2) is 54.0 Å². The van der Waals surface area contributed by atoms with Crippen LogP contribution in [0.5, 0.6) is 0 Å². The Labute approximate surface area is 174 Å². The smallest absolute Gasteiger partial charge is 0.410 e. The molecule has 0 aliphatic carbocycles. The quantitative estimate of drug-likeness (QED) is 0.698. The Hall–Kier alpha value is -3.10. The molecule has 3 aromatic rings. The summed E-state index contributed by atoms with van der Waals surface area (Å²) in [6.45, 7) is 8.73. The molecule has 4 rings (SSSR count). The number of carbonyl (C=O) groups excluding carboxylic acids is 1. The molecule has 0 unspecified atom stereocenters. The summed E-state index contributed by atoms with van der Waals surface area (Å²) in [5.74, 6) is 1.47. The number of nitrogens with zero attached hydrogens (tertiary/aromatic N) is 5. The number of benzene rings is 1. The number of hydrogen-bond donors (Lipinski definition) is 1. The number of ether oxygens (including phenoxy) is 1. The minimum absolute atomic E-state index is 0.144. The lowest BCUT2D eigenvalue weighted by molar-refractivity contribution is 0.0185. The number of likely N-dealkylation sites (tertiary alicyclic amines) is 1. The number of rotatable bonds is 2. The van der Waals surface area contributed by atoms with Crippen LogP contribution in [-0.2, 0) is 11.8 Å². The monoisotopic (exact) mass is 412 g/mol. The average Bonchev–Trinajstić information content (AvgIpc) is 3.20. The topological polar surface area (TPSA) is 98.0 Å².